The van der Waals surface area contributed by atoms with Crippen molar-refractivity contribution in [3.05, 3.63) is 29.8 Å². The van der Waals surface area contributed by atoms with Crippen molar-refractivity contribution in [2.24, 2.45) is 0 Å². The highest BCUT2D eigenvalue weighted by molar-refractivity contribution is 5.92. The molecule has 3 atom stereocenters. The minimum absolute atomic E-state index is 0.0231. The summed E-state index contributed by atoms with van der Waals surface area (Å²) in [5.41, 5.74) is -0.0501. The number of aromatic nitrogens is 1. The molecule has 0 saturated carbocycles. The van der Waals surface area contributed by atoms with E-state index in [4.69, 9.17) is 4.74 Å². The largest absolute Gasteiger partial charge is 0.390 e. The molecule has 19 heavy (non-hydrogen) atoms. The lowest BCUT2D eigenvalue weighted by atomic mass is 10.0. The monoisotopic (exact) mass is 270 g/mol. The van der Waals surface area contributed by atoms with Gasteiger partial charge in [-0.2, -0.15) is 0 Å². The van der Waals surface area contributed by atoms with Gasteiger partial charge in [0.2, 0.25) is 0 Å². The number of carbonyl (C=O) groups is 1. The van der Waals surface area contributed by atoms with Gasteiger partial charge in [0.25, 0.3) is 5.91 Å². The number of pyridine rings is 1. The number of carbonyl (C=O) groups excluding carboxylic acids is 1. The van der Waals surface area contributed by atoms with Gasteiger partial charge in [0.05, 0.1) is 6.10 Å². The maximum absolute atomic E-state index is 12.9. The molecule has 1 fully saturated rings. The number of ether oxygens (including phenoxy) is 1. The van der Waals surface area contributed by atoms with Crippen LogP contribution in [0.15, 0.2) is 18.3 Å². The second-order valence-corrected chi connectivity index (χ2v) is 4.33. The number of aliphatic hydroxyl groups is 2. The van der Waals surface area contributed by atoms with Gasteiger partial charge >= 0.3 is 0 Å². The van der Waals surface area contributed by atoms with Crippen molar-refractivity contribution in [3.8, 4) is 0 Å². The predicted octanol–water partition coefficient (Wildman–Crippen LogP) is -0.539. The average Bonchev–Trinajstić information content (AvgIpc) is 2.40. The highest BCUT2D eigenvalue weighted by Gasteiger charge is 2.31. The van der Waals surface area contributed by atoms with Crippen LogP contribution in [0, 0.1) is 5.82 Å². The minimum Gasteiger partial charge on any atom is -0.390 e. The van der Waals surface area contributed by atoms with E-state index in [0.717, 1.165) is 12.1 Å². The Kier molecular flexibility index (Phi) is 4.41. The van der Waals surface area contributed by atoms with Crippen molar-refractivity contribution >= 4 is 5.91 Å². The van der Waals surface area contributed by atoms with Crippen LogP contribution in [0.25, 0.3) is 0 Å². The summed E-state index contributed by atoms with van der Waals surface area (Å²) >= 11 is 0. The summed E-state index contributed by atoms with van der Waals surface area (Å²) in [6.45, 7) is 0.340. The lowest BCUT2D eigenvalue weighted by Gasteiger charge is -2.31. The summed E-state index contributed by atoms with van der Waals surface area (Å²) < 4.78 is 18.2. The Labute approximate surface area is 109 Å². The zero-order valence-corrected chi connectivity index (χ0v) is 10.1. The van der Waals surface area contributed by atoms with Crippen molar-refractivity contribution in [1.82, 2.24) is 10.3 Å². The van der Waals surface area contributed by atoms with E-state index >= 15 is 0 Å². The normalized spacial score (nSPS) is 27.0. The molecule has 2 heterocycles. The summed E-state index contributed by atoms with van der Waals surface area (Å²) in [5, 5.41) is 21.6. The standard InChI is InChI=1S/C12H15FN2O4/c13-7-1-3-14-8(5-7)12(18)15-6-10-11(17)9(16)2-4-19-10/h1,3,5,9-11,16-17H,2,4,6H2,(H,15,18). The fourth-order valence-corrected chi connectivity index (χ4v) is 1.85. The van der Waals surface area contributed by atoms with Gasteiger partial charge < -0.3 is 20.3 Å². The van der Waals surface area contributed by atoms with Crippen molar-refractivity contribution in [2.75, 3.05) is 13.2 Å². The molecule has 1 aliphatic rings. The van der Waals surface area contributed by atoms with Crippen molar-refractivity contribution in [1.29, 1.82) is 0 Å². The first-order valence-electron chi connectivity index (χ1n) is 5.95. The van der Waals surface area contributed by atoms with Crippen LogP contribution < -0.4 is 5.32 Å². The van der Waals surface area contributed by atoms with E-state index in [1.807, 2.05) is 0 Å². The summed E-state index contributed by atoms with van der Waals surface area (Å²) in [5.74, 6) is -1.11. The zero-order chi connectivity index (χ0) is 13.8. The Balaban J connectivity index is 1.90. The summed E-state index contributed by atoms with van der Waals surface area (Å²) in [7, 11) is 0. The Morgan fingerprint density at radius 3 is 3.11 bits per heavy atom. The van der Waals surface area contributed by atoms with Crippen LogP contribution in [0.1, 0.15) is 16.9 Å². The smallest absolute Gasteiger partial charge is 0.270 e. The number of hydrogen-bond acceptors (Lipinski definition) is 5. The maximum atomic E-state index is 12.9. The van der Waals surface area contributed by atoms with Crippen LogP contribution in [0.3, 0.4) is 0 Å². The van der Waals surface area contributed by atoms with Crippen molar-refractivity contribution in [2.45, 2.75) is 24.7 Å². The second-order valence-electron chi connectivity index (χ2n) is 4.33. The third-order valence-electron chi connectivity index (χ3n) is 2.94. The predicted molar refractivity (Wildman–Crippen MR) is 62.9 cm³/mol. The van der Waals surface area contributed by atoms with E-state index < -0.39 is 30.0 Å². The molecular weight excluding hydrogens is 255 g/mol. The highest BCUT2D eigenvalue weighted by Crippen LogP contribution is 2.14. The third kappa shape index (κ3) is 3.46. The highest BCUT2D eigenvalue weighted by atomic mass is 19.1. The molecule has 1 aromatic heterocycles. The van der Waals surface area contributed by atoms with E-state index in [1.54, 1.807) is 0 Å². The number of aliphatic hydroxyl groups excluding tert-OH is 2. The molecule has 1 aliphatic heterocycles. The number of nitrogens with one attached hydrogen (secondary N) is 1. The van der Waals surface area contributed by atoms with Crippen LogP contribution in [-0.2, 0) is 4.74 Å². The SMILES string of the molecule is O=C(NCC1OCCC(O)C1O)c1cc(F)ccn1. The zero-order valence-electron chi connectivity index (χ0n) is 10.1. The van der Waals surface area contributed by atoms with Crippen molar-refractivity contribution < 1.29 is 24.1 Å². The third-order valence-corrected chi connectivity index (χ3v) is 2.94. The molecule has 0 radical (unpaired) electrons. The Hall–Kier alpha value is -1.57. The molecule has 1 saturated heterocycles. The maximum Gasteiger partial charge on any atom is 0.270 e. The molecule has 104 valence electrons. The van der Waals surface area contributed by atoms with Gasteiger partial charge in [-0.15, -0.1) is 0 Å². The average molecular weight is 270 g/mol. The molecular formula is C12H15FN2O4. The molecule has 1 aromatic rings. The molecule has 2 rings (SSSR count). The number of amides is 1. The van der Waals surface area contributed by atoms with Crippen LogP contribution >= 0.6 is 0 Å². The van der Waals surface area contributed by atoms with Crippen molar-refractivity contribution in [3.63, 3.8) is 0 Å². The van der Waals surface area contributed by atoms with E-state index in [9.17, 15) is 19.4 Å². The van der Waals surface area contributed by atoms with Gasteiger partial charge in [0.15, 0.2) is 0 Å². The summed E-state index contributed by atoms with van der Waals surface area (Å²) in [6.07, 6.45) is -1.03. The molecule has 3 N–H and O–H groups in total. The Bertz CT molecular complexity index is 457. The quantitative estimate of drug-likeness (QED) is 0.686. The Morgan fingerprint density at radius 2 is 2.37 bits per heavy atom. The fourth-order valence-electron chi connectivity index (χ4n) is 1.85. The lowest BCUT2D eigenvalue weighted by molar-refractivity contribution is -0.132. The van der Waals surface area contributed by atoms with Gasteiger partial charge in [0.1, 0.15) is 23.7 Å². The van der Waals surface area contributed by atoms with Gasteiger partial charge in [-0.1, -0.05) is 0 Å². The first-order chi connectivity index (χ1) is 9.08. The molecule has 0 aliphatic carbocycles. The lowest BCUT2D eigenvalue weighted by Crippen LogP contribution is -2.50. The summed E-state index contributed by atoms with van der Waals surface area (Å²) in [4.78, 5) is 15.4. The molecule has 0 aromatic carbocycles. The first-order valence-corrected chi connectivity index (χ1v) is 5.95. The topological polar surface area (TPSA) is 91.7 Å². The molecule has 7 heteroatoms. The van der Waals surface area contributed by atoms with Crippen LogP contribution in [0.2, 0.25) is 0 Å². The number of rotatable bonds is 3. The first kappa shape index (κ1) is 13.9. The molecule has 1 amide bonds. The van der Waals surface area contributed by atoms with Crippen LogP contribution in [-0.4, -0.2) is 52.6 Å². The van der Waals surface area contributed by atoms with E-state index in [0.29, 0.717) is 13.0 Å². The van der Waals surface area contributed by atoms with Gasteiger partial charge in [-0.3, -0.25) is 9.78 Å². The fraction of sp³-hybridized carbons (Fsp3) is 0.500. The number of hydrogen-bond donors (Lipinski definition) is 3. The van der Waals surface area contributed by atoms with Gasteiger partial charge in [-0.25, -0.2) is 4.39 Å². The number of halogens is 1. The molecule has 0 bridgehead atoms. The van der Waals surface area contributed by atoms with Crippen LogP contribution in [0.4, 0.5) is 4.39 Å². The van der Waals surface area contributed by atoms with Gasteiger partial charge in [0, 0.05) is 25.4 Å². The van der Waals surface area contributed by atoms with Gasteiger partial charge in [-0.05, 0) is 12.5 Å². The summed E-state index contributed by atoms with van der Waals surface area (Å²) in [6, 6.07) is 2.16. The minimum atomic E-state index is -1.05. The van der Waals surface area contributed by atoms with Crippen LogP contribution in [0.5, 0.6) is 0 Å². The molecule has 3 unspecified atom stereocenters. The number of nitrogens with zero attached hydrogens (tertiary/aromatic N) is 1. The van der Waals surface area contributed by atoms with E-state index in [1.165, 1.54) is 6.20 Å². The Morgan fingerprint density at radius 1 is 1.58 bits per heavy atom. The van der Waals surface area contributed by atoms with E-state index in [2.05, 4.69) is 10.3 Å². The molecule has 0 spiro atoms. The van der Waals surface area contributed by atoms with E-state index in [-0.39, 0.29) is 12.2 Å². The molecule has 6 nitrogen and oxygen atoms in total. The second kappa shape index (κ2) is 6.05.